The number of aryl methyl sites for hydroxylation is 2. The average Bonchev–Trinajstić information content (AvgIpc) is 3.47. The normalized spacial score (nSPS) is 14.1. The number of allylic oxidation sites excluding steroid dienone is 1. The number of rotatable bonds is 6. The summed E-state index contributed by atoms with van der Waals surface area (Å²) in [6, 6.07) is 13.2. The Hall–Kier alpha value is -4.34. The molecule has 9 nitrogen and oxygen atoms in total. The molecule has 11 heteroatoms. The lowest BCUT2D eigenvalue weighted by atomic mass is 10.1. The van der Waals surface area contributed by atoms with Crippen LogP contribution in [0.5, 0.6) is 0 Å². The van der Waals surface area contributed by atoms with E-state index in [0.29, 0.717) is 27.9 Å². The third-order valence-corrected chi connectivity index (χ3v) is 7.05. The number of hydrogen-bond acceptors (Lipinski definition) is 6. The van der Waals surface area contributed by atoms with Crippen LogP contribution < -0.4 is 15.5 Å². The molecular weight excluding hydrogens is 557 g/mol. The Morgan fingerprint density at radius 1 is 0.950 bits per heavy atom. The van der Waals surface area contributed by atoms with Gasteiger partial charge in [-0.15, -0.1) is 0 Å². The van der Waals surface area contributed by atoms with E-state index in [1.807, 2.05) is 32.0 Å². The lowest BCUT2D eigenvalue weighted by molar-refractivity contribution is -0.136. The van der Waals surface area contributed by atoms with E-state index < -0.39 is 23.7 Å². The number of nitrogens with one attached hydrogen (secondary N) is 2. The lowest BCUT2D eigenvalue weighted by Crippen LogP contribution is -2.34. The first kappa shape index (κ1) is 28.7. The van der Waals surface area contributed by atoms with Crippen molar-refractivity contribution in [3.8, 4) is 0 Å². The van der Waals surface area contributed by atoms with Crippen molar-refractivity contribution in [2.75, 3.05) is 17.3 Å². The first-order valence-corrected chi connectivity index (χ1v) is 12.8. The van der Waals surface area contributed by atoms with Crippen molar-refractivity contribution in [1.82, 2.24) is 5.32 Å². The highest BCUT2D eigenvalue weighted by Crippen LogP contribution is 2.36. The largest absolute Gasteiger partial charge is 0.465 e. The molecule has 3 aromatic rings. The molecule has 40 heavy (non-hydrogen) atoms. The maximum Gasteiger partial charge on any atom is 0.340 e. The van der Waals surface area contributed by atoms with Crippen LogP contribution in [0.25, 0.3) is 6.08 Å². The summed E-state index contributed by atoms with van der Waals surface area (Å²) in [7, 11) is 1.24. The molecule has 0 spiro atoms. The molecular formula is C29H25Cl2N3O6. The monoisotopic (exact) mass is 581 g/mol. The second kappa shape index (κ2) is 11.8. The van der Waals surface area contributed by atoms with Gasteiger partial charge in [0.2, 0.25) is 0 Å². The third-order valence-electron chi connectivity index (χ3n) is 6.31. The van der Waals surface area contributed by atoms with Gasteiger partial charge in [0.15, 0.2) is 0 Å². The molecule has 2 aromatic carbocycles. The number of halogens is 2. The number of amides is 3. The molecule has 1 aliphatic rings. The molecule has 0 atom stereocenters. The quantitative estimate of drug-likeness (QED) is 0.230. The Bertz CT molecular complexity index is 1600. The van der Waals surface area contributed by atoms with E-state index in [1.165, 1.54) is 36.3 Å². The first-order chi connectivity index (χ1) is 19.0. The molecule has 0 fully saturated rings. The van der Waals surface area contributed by atoms with Crippen LogP contribution in [0.2, 0.25) is 10.0 Å². The number of furan rings is 1. The van der Waals surface area contributed by atoms with E-state index in [9.17, 15) is 19.2 Å². The number of hydrogen-bond donors (Lipinski definition) is 2. The summed E-state index contributed by atoms with van der Waals surface area (Å²) >= 11 is 11.8. The van der Waals surface area contributed by atoms with Gasteiger partial charge in [0.25, 0.3) is 5.91 Å². The van der Waals surface area contributed by atoms with Crippen LogP contribution in [0.15, 0.2) is 69.8 Å². The minimum absolute atomic E-state index is 0.0990. The van der Waals surface area contributed by atoms with Crippen LogP contribution >= 0.6 is 23.2 Å². The van der Waals surface area contributed by atoms with E-state index >= 15 is 0 Å². The fraction of sp³-hybridized carbons (Fsp3) is 0.172. The summed E-state index contributed by atoms with van der Waals surface area (Å²) in [5.74, 6) is -2.28. The van der Waals surface area contributed by atoms with Gasteiger partial charge in [-0.3, -0.25) is 19.3 Å². The number of carbonyl (C=O) groups excluding carboxylic acids is 4. The van der Waals surface area contributed by atoms with E-state index in [1.54, 1.807) is 19.1 Å². The maximum atomic E-state index is 13.5. The SMILES string of the molecule is COC(=O)C1=C(C)N(c2ccc(C)c(C)c2)C(=O)/C1=C/c1ccc(CNC(=O)C(=O)Nc2ccc(Cl)c(Cl)c2)o1. The summed E-state index contributed by atoms with van der Waals surface area (Å²) < 4.78 is 10.7. The smallest absolute Gasteiger partial charge is 0.340 e. The van der Waals surface area contributed by atoms with Gasteiger partial charge in [0, 0.05) is 17.1 Å². The van der Waals surface area contributed by atoms with E-state index in [-0.39, 0.29) is 28.5 Å². The van der Waals surface area contributed by atoms with Crippen molar-refractivity contribution in [3.63, 3.8) is 0 Å². The van der Waals surface area contributed by atoms with Gasteiger partial charge in [-0.2, -0.15) is 0 Å². The zero-order chi connectivity index (χ0) is 29.1. The standard InChI is InChI=1S/C29H25Cl2N3O6/c1-15-5-7-19(11-16(15)2)34-17(3)25(29(38)39-4)22(28(34)37)13-20-8-9-21(40-20)14-32-26(35)27(36)33-18-6-10-23(30)24(31)12-18/h5-13H,14H2,1-4H3,(H,32,35)(H,33,36)/b22-13+. The number of anilines is 2. The fourth-order valence-corrected chi connectivity index (χ4v) is 4.37. The van der Waals surface area contributed by atoms with Gasteiger partial charge in [-0.05, 0) is 80.4 Å². The predicted molar refractivity (Wildman–Crippen MR) is 152 cm³/mol. The molecule has 3 amide bonds. The molecule has 0 aliphatic carbocycles. The van der Waals surface area contributed by atoms with Gasteiger partial charge in [0.1, 0.15) is 11.5 Å². The molecule has 0 saturated carbocycles. The molecule has 206 valence electrons. The Kier molecular flexibility index (Phi) is 8.46. The van der Waals surface area contributed by atoms with Crippen LogP contribution in [0.1, 0.15) is 29.6 Å². The Morgan fingerprint density at radius 3 is 2.38 bits per heavy atom. The summed E-state index contributed by atoms with van der Waals surface area (Å²) in [5, 5.41) is 5.43. The molecule has 0 saturated heterocycles. The van der Waals surface area contributed by atoms with E-state index in [0.717, 1.165) is 11.1 Å². The molecule has 2 N–H and O–H groups in total. The summed E-state index contributed by atoms with van der Waals surface area (Å²) in [6.07, 6.45) is 1.45. The second-order valence-electron chi connectivity index (χ2n) is 8.99. The highest BCUT2D eigenvalue weighted by atomic mass is 35.5. The second-order valence-corrected chi connectivity index (χ2v) is 9.80. The summed E-state index contributed by atoms with van der Waals surface area (Å²) in [4.78, 5) is 52.1. The van der Waals surface area contributed by atoms with E-state index in [4.69, 9.17) is 32.4 Å². The van der Waals surface area contributed by atoms with Crippen molar-refractivity contribution in [3.05, 3.63) is 98.1 Å². The van der Waals surface area contributed by atoms with Crippen molar-refractivity contribution in [2.45, 2.75) is 27.3 Å². The minimum Gasteiger partial charge on any atom is -0.465 e. The highest BCUT2D eigenvalue weighted by molar-refractivity contribution is 6.43. The van der Waals surface area contributed by atoms with Crippen molar-refractivity contribution < 1.29 is 28.3 Å². The number of ether oxygens (including phenoxy) is 1. The van der Waals surface area contributed by atoms with Gasteiger partial charge >= 0.3 is 17.8 Å². The maximum absolute atomic E-state index is 13.5. The summed E-state index contributed by atoms with van der Waals surface area (Å²) in [6.45, 7) is 5.48. The lowest BCUT2D eigenvalue weighted by Gasteiger charge is -2.19. The Balaban J connectivity index is 1.49. The Labute approximate surface area is 240 Å². The van der Waals surface area contributed by atoms with Gasteiger partial charge in [0.05, 0.1) is 34.8 Å². The number of esters is 1. The van der Waals surface area contributed by atoms with Crippen molar-refractivity contribution in [1.29, 1.82) is 0 Å². The van der Waals surface area contributed by atoms with Crippen LogP contribution in [0.3, 0.4) is 0 Å². The predicted octanol–water partition coefficient (Wildman–Crippen LogP) is 5.34. The van der Waals surface area contributed by atoms with Crippen molar-refractivity contribution in [2.24, 2.45) is 0 Å². The number of benzene rings is 2. The number of carbonyl (C=O) groups is 4. The van der Waals surface area contributed by atoms with Crippen LogP contribution in [0, 0.1) is 13.8 Å². The zero-order valence-corrected chi connectivity index (χ0v) is 23.6. The topological polar surface area (TPSA) is 118 Å². The minimum atomic E-state index is -0.904. The Morgan fingerprint density at radius 2 is 1.70 bits per heavy atom. The molecule has 1 aliphatic heterocycles. The van der Waals surface area contributed by atoms with Crippen molar-refractivity contribution >= 4 is 64.3 Å². The zero-order valence-electron chi connectivity index (χ0n) is 22.1. The molecule has 1 aromatic heterocycles. The van der Waals surface area contributed by atoms with E-state index in [2.05, 4.69) is 10.6 Å². The third kappa shape index (κ3) is 5.95. The fourth-order valence-electron chi connectivity index (χ4n) is 4.07. The van der Waals surface area contributed by atoms with Crippen LogP contribution in [-0.4, -0.2) is 30.8 Å². The highest BCUT2D eigenvalue weighted by Gasteiger charge is 2.38. The van der Waals surface area contributed by atoms with Crippen LogP contribution in [-0.2, 0) is 30.5 Å². The summed E-state index contributed by atoms with van der Waals surface area (Å²) in [5.41, 5.74) is 3.66. The number of methoxy groups -OCH3 is 1. The van der Waals surface area contributed by atoms with Crippen LogP contribution in [0.4, 0.5) is 11.4 Å². The number of nitrogens with zero attached hydrogens (tertiary/aromatic N) is 1. The van der Waals surface area contributed by atoms with Gasteiger partial charge in [-0.25, -0.2) is 4.79 Å². The molecule has 2 heterocycles. The molecule has 0 radical (unpaired) electrons. The first-order valence-electron chi connectivity index (χ1n) is 12.1. The molecule has 4 rings (SSSR count). The van der Waals surface area contributed by atoms with Gasteiger partial charge < -0.3 is 19.8 Å². The molecule has 0 unspecified atom stereocenters. The molecule has 0 bridgehead atoms. The van der Waals surface area contributed by atoms with Gasteiger partial charge in [-0.1, -0.05) is 29.3 Å². The average molecular weight is 582 g/mol.